The molecule has 3 nitrogen and oxygen atoms in total. The normalized spacial score (nSPS) is 10.4. The molecule has 126 valence electrons. The third-order valence-corrected chi connectivity index (χ3v) is 3.77. The molecule has 0 fully saturated rings. The Kier molecular flexibility index (Phi) is 4.95. The monoisotopic (exact) mass is 358 g/mol. The number of carbonyl (C=O) groups is 1. The highest BCUT2D eigenvalue weighted by Gasteiger charge is 2.15. The summed E-state index contributed by atoms with van der Waals surface area (Å²) >= 11 is 5.80. The van der Waals surface area contributed by atoms with Crippen molar-refractivity contribution in [2.24, 2.45) is 0 Å². The van der Waals surface area contributed by atoms with Crippen LogP contribution in [0.1, 0.15) is 10.4 Å². The van der Waals surface area contributed by atoms with Crippen LogP contribution in [0.25, 0.3) is 0 Å². The Labute approximate surface area is 148 Å². The average molecular weight is 359 g/mol. The van der Waals surface area contributed by atoms with Gasteiger partial charge in [-0.05, 0) is 48.5 Å². The van der Waals surface area contributed by atoms with Gasteiger partial charge in [-0.1, -0.05) is 29.8 Å². The molecule has 0 bridgehead atoms. The van der Waals surface area contributed by atoms with E-state index in [-0.39, 0.29) is 10.6 Å². The van der Waals surface area contributed by atoms with Crippen molar-refractivity contribution in [2.75, 3.05) is 10.6 Å². The summed E-state index contributed by atoms with van der Waals surface area (Å²) < 4.78 is 26.4. The summed E-state index contributed by atoms with van der Waals surface area (Å²) in [5, 5.41) is 5.66. The lowest BCUT2D eigenvalue weighted by molar-refractivity contribution is 0.102. The fourth-order valence-corrected chi connectivity index (χ4v) is 2.46. The van der Waals surface area contributed by atoms with Gasteiger partial charge in [0.05, 0.1) is 10.6 Å². The van der Waals surface area contributed by atoms with Crippen LogP contribution in [-0.2, 0) is 0 Å². The molecule has 3 aromatic rings. The van der Waals surface area contributed by atoms with Gasteiger partial charge in [0.15, 0.2) is 11.6 Å². The Morgan fingerprint density at radius 1 is 0.800 bits per heavy atom. The van der Waals surface area contributed by atoms with Crippen molar-refractivity contribution in [3.8, 4) is 0 Å². The number of rotatable bonds is 4. The highest BCUT2D eigenvalue weighted by Crippen LogP contribution is 2.23. The average Bonchev–Trinajstić information content (AvgIpc) is 2.60. The van der Waals surface area contributed by atoms with Crippen LogP contribution >= 0.6 is 11.6 Å². The molecule has 0 aromatic heterocycles. The molecule has 2 N–H and O–H groups in total. The summed E-state index contributed by atoms with van der Waals surface area (Å²) in [4.78, 5) is 12.2. The van der Waals surface area contributed by atoms with Gasteiger partial charge in [-0.3, -0.25) is 4.79 Å². The molecular weight excluding hydrogens is 346 g/mol. The lowest BCUT2D eigenvalue weighted by Crippen LogP contribution is -2.13. The van der Waals surface area contributed by atoms with E-state index in [1.807, 2.05) is 30.3 Å². The zero-order chi connectivity index (χ0) is 17.8. The largest absolute Gasteiger partial charge is 0.356 e. The number of benzene rings is 3. The van der Waals surface area contributed by atoms with Gasteiger partial charge in [0.1, 0.15) is 0 Å². The maximum atomic E-state index is 13.3. The highest BCUT2D eigenvalue weighted by atomic mass is 35.5. The number of para-hydroxylation sites is 1. The van der Waals surface area contributed by atoms with Gasteiger partial charge in [-0.15, -0.1) is 0 Å². The summed E-state index contributed by atoms with van der Waals surface area (Å²) in [6.45, 7) is 0. The second-order valence-electron chi connectivity index (χ2n) is 5.27. The molecule has 0 saturated heterocycles. The Morgan fingerprint density at radius 3 is 2.04 bits per heavy atom. The number of hydrogen-bond donors (Lipinski definition) is 2. The van der Waals surface area contributed by atoms with Gasteiger partial charge in [-0.2, -0.15) is 0 Å². The number of halogens is 3. The van der Waals surface area contributed by atoms with Crippen molar-refractivity contribution in [1.29, 1.82) is 0 Å². The minimum atomic E-state index is -1.13. The Hall–Kier alpha value is -2.92. The second-order valence-corrected chi connectivity index (χ2v) is 5.68. The predicted molar refractivity (Wildman–Crippen MR) is 95.5 cm³/mol. The maximum absolute atomic E-state index is 13.3. The summed E-state index contributed by atoms with van der Waals surface area (Å²) in [6, 6.07) is 18.1. The lowest BCUT2D eigenvalue weighted by Gasteiger charge is -2.09. The van der Waals surface area contributed by atoms with Crippen LogP contribution in [0.2, 0.25) is 5.02 Å². The molecule has 0 spiro atoms. The van der Waals surface area contributed by atoms with E-state index >= 15 is 0 Å². The molecule has 0 heterocycles. The van der Waals surface area contributed by atoms with Gasteiger partial charge < -0.3 is 10.6 Å². The number of anilines is 3. The first-order valence-corrected chi connectivity index (χ1v) is 7.79. The molecule has 0 saturated carbocycles. The van der Waals surface area contributed by atoms with E-state index in [4.69, 9.17) is 11.6 Å². The minimum Gasteiger partial charge on any atom is -0.356 e. The third-order valence-electron chi connectivity index (χ3n) is 3.46. The summed E-state index contributed by atoms with van der Waals surface area (Å²) in [7, 11) is 0. The van der Waals surface area contributed by atoms with E-state index in [9.17, 15) is 13.6 Å². The molecular formula is C19H13ClF2N2O. The van der Waals surface area contributed by atoms with E-state index in [1.165, 1.54) is 0 Å². The van der Waals surface area contributed by atoms with Crippen LogP contribution < -0.4 is 10.6 Å². The Balaban J connectivity index is 1.71. The number of nitrogens with one attached hydrogen (secondary N) is 2. The van der Waals surface area contributed by atoms with Crippen molar-refractivity contribution >= 4 is 34.6 Å². The van der Waals surface area contributed by atoms with E-state index in [0.29, 0.717) is 5.69 Å². The quantitative estimate of drug-likeness (QED) is 0.595. The molecule has 3 aromatic carbocycles. The van der Waals surface area contributed by atoms with Crippen molar-refractivity contribution in [1.82, 2.24) is 0 Å². The maximum Gasteiger partial charge on any atom is 0.257 e. The van der Waals surface area contributed by atoms with Gasteiger partial charge in [-0.25, -0.2) is 8.78 Å². The first kappa shape index (κ1) is 16.9. The summed E-state index contributed by atoms with van der Waals surface area (Å²) in [6.07, 6.45) is 0. The SMILES string of the molecule is O=C(Nc1ccc(Nc2ccccc2)cc1)c1cc(F)c(F)cc1Cl. The summed E-state index contributed by atoms with van der Waals surface area (Å²) in [5.41, 5.74) is 2.15. The van der Waals surface area contributed by atoms with E-state index < -0.39 is 17.5 Å². The number of carbonyl (C=O) groups excluding carboxylic acids is 1. The summed E-state index contributed by atoms with van der Waals surface area (Å²) in [5.74, 6) is -2.84. The molecule has 6 heteroatoms. The van der Waals surface area contributed by atoms with Crippen LogP contribution in [-0.4, -0.2) is 5.91 Å². The van der Waals surface area contributed by atoms with E-state index in [0.717, 1.165) is 23.5 Å². The van der Waals surface area contributed by atoms with Crippen LogP contribution in [0.15, 0.2) is 66.7 Å². The Bertz CT molecular complexity index is 899. The van der Waals surface area contributed by atoms with Crippen LogP contribution in [0.4, 0.5) is 25.8 Å². The molecule has 1 amide bonds. The lowest BCUT2D eigenvalue weighted by atomic mass is 10.2. The molecule has 0 aliphatic heterocycles. The van der Waals surface area contributed by atoms with Crippen LogP contribution in [0.5, 0.6) is 0 Å². The first-order chi connectivity index (χ1) is 12.0. The highest BCUT2D eigenvalue weighted by molar-refractivity contribution is 6.34. The zero-order valence-electron chi connectivity index (χ0n) is 12.9. The van der Waals surface area contributed by atoms with Crippen LogP contribution in [0.3, 0.4) is 0 Å². The molecule has 3 rings (SSSR count). The smallest absolute Gasteiger partial charge is 0.257 e. The number of amides is 1. The molecule has 0 atom stereocenters. The molecule has 0 aliphatic rings. The van der Waals surface area contributed by atoms with Crippen molar-refractivity contribution in [2.45, 2.75) is 0 Å². The first-order valence-electron chi connectivity index (χ1n) is 7.41. The molecule has 0 aliphatic carbocycles. The minimum absolute atomic E-state index is 0.132. The molecule has 0 unspecified atom stereocenters. The fraction of sp³-hybridized carbons (Fsp3) is 0. The molecule has 25 heavy (non-hydrogen) atoms. The zero-order valence-corrected chi connectivity index (χ0v) is 13.6. The molecule has 0 radical (unpaired) electrons. The standard InChI is InChI=1S/C19H13ClF2N2O/c20-16-11-18(22)17(21)10-15(16)19(25)24-14-8-6-13(7-9-14)23-12-4-2-1-3-5-12/h1-11,23H,(H,24,25). The second kappa shape index (κ2) is 7.32. The Morgan fingerprint density at radius 2 is 1.36 bits per heavy atom. The van der Waals surface area contributed by atoms with E-state index in [1.54, 1.807) is 24.3 Å². The number of hydrogen-bond acceptors (Lipinski definition) is 2. The third kappa shape index (κ3) is 4.14. The fourth-order valence-electron chi connectivity index (χ4n) is 2.22. The van der Waals surface area contributed by atoms with Gasteiger partial charge in [0.25, 0.3) is 5.91 Å². The van der Waals surface area contributed by atoms with Crippen molar-refractivity contribution in [3.63, 3.8) is 0 Å². The van der Waals surface area contributed by atoms with Gasteiger partial charge >= 0.3 is 0 Å². The van der Waals surface area contributed by atoms with Gasteiger partial charge in [0, 0.05) is 17.1 Å². The predicted octanol–water partition coefficient (Wildman–Crippen LogP) is 5.61. The van der Waals surface area contributed by atoms with Gasteiger partial charge in [0.2, 0.25) is 0 Å². The van der Waals surface area contributed by atoms with Crippen LogP contribution in [0, 0.1) is 11.6 Å². The van der Waals surface area contributed by atoms with Crippen molar-refractivity contribution in [3.05, 3.63) is 89.0 Å². The van der Waals surface area contributed by atoms with Crippen molar-refractivity contribution < 1.29 is 13.6 Å². The topological polar surface area (TPSA) is 41.1 Å². The van der Waals surface area contributed by atoms with E-state index in [2.05, 4.69) is 10.6 Å².